The lowest BCUT2D eigenvalue weighted by Gasteiger charge is -2.27. The van der Waals surface area contributed by atoms with Crippen LogP contribution in [0.1, 0.15) is 17.2 Å². The summed E-state index contributed by atoms with van der Waals surface area (Å²) in [4.78, 5) is 11.9. The number of para-hydroxylation sites is 1. The second-order valence-corrected chi connectivity index (χ2v) is 5.36. The maximum atomic E-state index is 11.9. The minimum atomic E-state index is -0.103. The highest BCUT2D eigenvalue weighted by molar-refractivity contribution is 5.85. The van der Waals surface area contributed by atoms with Crippen molar-refractivity contribution in [3.63, 3.8) is 0 Å². The fourth-order valence-electron chi connectivity index (χ4n) is 2.71. The minimum Gasteiger partial charge on any atom is -0.484 e. The quantitative estimate of drug-likeness (QED) is 0.884. The second-order valence-electron chi connectivity index (χ2n) is 5.36. The topological polar surface area (TPSA) is 50.4 Å². The SMILES string of the molecule is Cl.O=C(COc1ccccc1)NCC1NCCc2ccccc21. The molecule has 0 radical (unpaired) electrons. The van der Waals surface area contributed by atoms with E-state index >= 15 is 0 Å². The van der Waals surface area contributed by atoms with Crippen LogP contribution in [0.15, 0.2) is 54.6 Å². The molecule has 0 aromatic heterocycles. The summed E-state index contributed by atoms with van der Waals surface area (Å²) in [7, 11) is 0. The van der Waals surface area contributed by atoms with Gasteiger partial charge >= 0.3 is 0 Å². The summed E-state index contributed by atoms with van der Waals surface area (Å²) in [6.07, 6.45) is 1.04. The van der Waals surface area contributed by atoms with Crippen LogP contribution in [-0.2, 0) is 11.2 Å². The Kier molecular flexibility index (Phi) is 6.44. The molecule has 0 saturated heterocycles. The molecule has 2 aromatic carbocycles. The Hall–Kier alpha value is -2.04. The van der Waals surface area contributed by atoms with Gasteiger partial charge in [0.25, 0.3) is 5.91 Å². The number of halogens is 1. The highest BCUT2D eigenvalue weighted by Gasteiger charge is 2.19. The van der Waals surface area contributed by atoms with Crippen LogP contribution in [-0.4, -0.2) is 25.6 Å². The monoisotopic (exact) mass is 332 g/mol. The van der Waals surface area contributed by atoms with Crippen LogP contribution in [0.2, 0.25) is 0 Å². The van der Waals surface area contributed by atoms with E-state index in [1.165, 1.54) is 11.1 Å². The van der Waals surface area contributed by atoms with Gasteiger partial charge in [0.2, 0.25) is 0 Å². The third-order valence-corrected chi connectivity index (χ3v) is 3.83. The van der Waals surface area contributed by atoms with Gasteiger partial charge in [-0.2, -0.15) is 0 Å². The van der Waals surface area contributed by atoms with Gasteiger partial charge in [0, 0.05) is 12.6 Å². The van der Waals surface area contributed by atoms with Crippen LogP contribution in [0, 0.1) is 0 Å². The van der Waals surface area contributed by atoms with E-state index in [4.69, 9.17) is 4.74 Å². The molecule has 5 heteroatoms. The molecule has 1 aliphatic heterocycles. The Morgan fingerprint density at radius 1 is 1.13 bits per heavy atom. The van der Waals surface area contributed by atoms with Gasteiger partial charge in [-0.15, -0.1) is 12.4 Å². The van der Waals surface area contributed by atoms with E-state index in [2.05, 4.69) is 28.8 Å². The number of hydrogen-bond acceptors (Lipinski definition) is 3. The summed E-state index contributed by atoms with van der Waals surface area (Å²) < 4.78 is 5.44. The van der Waals surface area contributed by atoms with Crippen LogP contribution in [0.4, 0.5) is 0 Å². The second kappa shape index (κ2) is 8.56. The van der Waals surface area contributed by atoms with Crippen molar-refractivity contribution in [1.82, 2.24) is 10.6 Å². The van der Waals surface area contributed by atoms with Crippen molar-refractivity contribution in [2.24, 2.45) is 0 Å². The Labute approximate surface area is 142 Å². The number of ether oxygens (including phenoxy) is 1. The Morgan fingerprint density at radius 2 is 1.87 bits per heavy atom. The molecule has 0 fully saturated rings. The van der Waals surface area contributed by atoms with E-state index < -0.39 is 0 Å². The fraction of sp³-hybridized carbons (Fsp3) is 0.278. The van der Waals surface area contributed by atoms with Gasteiger partial charge in [-0.05, 0) is 36.2 Å². The van der Waals surface area contributed by atoms with Crippen molar-refractivity contribution in [3.8, 4) is 5.75 Å². The van der Waals surface area contributed by atoms with E-state index in [1.807, 2.05) is 36.4 Å². The number of rotatable bonds is 5. The van der Waals surface area contributed by atoms with Gasteiger partial charge < -0.3 is 15.4 Å². The molecule has 1 atom stereocenters. The molecule has 1 heterocycles. The first-order valence-electron chi connectivity index (χ1n) is 7.58. The zero-order chi connectivity index (χ0) is 15.2. The first-order valence-corrected chi connectivity index (χ1v) is 7.58. The molecule has 122 valence electrons. The van der Waals surface area contributed by atoms with Gasteiger partial charge in [0.1, 0.15) is 5.75 Å². The van der Waals surface area contributed by atoms with E-state index in [-0.39, 0.29) is 31.0 Å². The summed E-state index contributed by atoms with van der Waals surface area (Å²) in [6, 6.07) is 17.9. The average molecular weight is 333 g/mol. The van der Waals surface area contributed by atoms with Gasteiger partial charge in [0.15, 0.2) is 6.61 Å². The number of carbonyl (C=O) groups excluding carboxylic acids is 1. The molecular formula is C18H21ClN2O2. The van der Waals surface area contributed by atoms with Crippen LogP contribution >= 0.6 is 12.4 Å². The third-order valence-electron chi connectivity index (χ3n) is 3.83. The van der Waals surface area contributed by atoms with Crippen molar-refractivity contribution in [2.75, 3.05) is 19.7 Å². The molecule has 0 saturated carbocycles. The molecule has 0 spiro atoms. The molecule has 1 amide bonds. The average Bonchev–Trinajstić information content (AvgIpc) is 2.59. The zero-order valence-electron chi connectivity index (χ0n) is 12.8. The lowest BCUT2D eigenvalue weighted by Crippen LogP contribution is -2.40. The summed E-state index contributed by atoms with van der Waals surface area (Å²) >= 11 is 0. The van der Waals surface area contributed by atoms with Crippen molar-refractivity contribution < 1.29 is 9.53 Å². The molecule has 1 unspecified atom stereocenters. The Bertz CT molecular complexity index is 634. The van der Waals surface area contributed by atoms with Crippen molar-refractivity contribution >= 4 is 18.3 Å². The summed E-state index contributed by atoms with van der Waals surface area (Å²) in [5, 5.41) is 6.39. The summed E-state index contributed by atoms with van der Waals surface area (Å²) in [6.45, 7) is 1.56. The van der Waals surface area contributed by atoms with Gasteiger partial charge in [-0.25, -0.2) is 0 Å². The summed E-state index contributed by atoms with van der Waals surface area (Å²) in [5.74, 6) is 0.604. The molecule has 3 rings (SSSR count). The number of nitrogens with one attached hydrogen (secondary N) is 2. The predicted octanol–water partition coefficient (Wildman–Crippen LogP) is 2.49. The van der Waals surface area contributed by atoms with Crippen LogP contribution in [0.5, 0.6) is 5.75 Å². The van der Waals surface area contributed by atoms with Crippen LogP contribution in [0.25, 0.3) is 0 Å². The van der Waals surface area contributed by atoms with Gasteiger partial charge in [0.05, 0.1) is 0 Å². The maximum absolute atomic E-state index is 11.9. The smallest absolute Gasteiger partial charge is 0.258 e. The minimum absolute atomic E-state index is 0. The maximum Gasteiger partial charge on any atom is 0.258 e. The Morgan fingerprint density at radius 3 is 2.70 bits per heavy atom. The molecule has 2 N–H and O–H groups in total. The third kappa shape index (κ3) is 4.71. The molecule has 1 aliphatic rings. The molecule has 23 heavy (non-hydrogen) atoms. The van der Waals surface area contributed by atoms with Crippen LogP contribution in [0.3, 0.4) is 0 Å². The zero-order valence-corrected chi connectivity index (χ0v) is 13.6. The molecule has 0 aliphatic carbocycles. The molecule has 0 bridgehead atoms. The predicted molar refractivity (Wildman–Crippen MR) is 93.1 cm³/mol. The molecule has 2 aromatic rings. The first kappa shape index (κ1) is 17.3. The Balaban J connectivity index is 0.00000192. The highest BCUT2D eigenvalue weighted by atomic mass is 35.5. The van der Waals surface area contributed by atoms with E-state index in [9.17, 15) is 4.79 Å². The first-order chi connectivity index (χ1) is 10.8. The highest BCUT2D eigenvalue weighted by Crippen LogP contribution is 2.21. The van der Waals surface area contributed by atoms with Crippen molar-refractivity contribution in [2.45, 2.75) is 12.5 Å². The van der Waals surface area contributed by atoms with E-state index in [0.717, 1.165) is 13.0 Å². The number of fused-ring (bicyclic) bond motifs is 1. The van der Waals surface area contributed by atoms with E-state index in [1.54, 1.807) is 0 Å². The number of hydrogen-bond donors (Lipinski definition) is 2. The summed E-state index contributed by atoms with van der Waals surface area (Å²) in [5.41, 5.74) is 2.64. The van der Waals surface area contributed by atoms with E-state index in [0.29, 0.717) is 12.3 Å². The fourth-order valence-corrected chi connectivity index (χ4v) is 2.71. The number of carbonyl (C=O) groups is 1. The van der Waals surface area contributed by atoms with Crippen molar-refractivity contribution in [1.29, 1.82) is 0 Å². The lowest BCUT2D eigenvalue weighted by molar-refractivity contribution is -0.123. The largest absolute Gasteiger partial charge is 0.484 e. The lowest BCUT2D eigenvalue weighted by atomic mass is 9.94. The molecule has 4 nitrogen and oxygen atoms in total. The number of benzene rings is 2. The van der Waals surface area contributed by atoms with Crippen LogP contribution < -0.4 is 15.4 Å². The molecular weight excluding hydrogens is 312 g/mol. The standard InChI is InChI=1S/C18H20N2O2.ClH/c21-18(13-22-15-7-2-1-3-8-15)20-12-17-16-9-5-4-6-14(16)10-11-19-17;/h1-9,17,19H,10-13H2,(H,20,21);1H. The van der Waals surface area contributed by atoms with Gasteiger partial charge in [-0.1, -0.05) is 42.5 Å². The van der Waals surface area contributed by atoms with Gasteiger partial charge in [-0.3, -0.25) is 4.79 Å². The normalized spacial score (nSPS) is 15.9. The number of amides is 1. The van der Waals surface area contributed by atoms with Crippen molar-refractivity contribution in [3.05, 3.63) is 65.7 Å².